The number of methoxy groups -OCH3 is 1. The number of hydrogen-bond donors (Lipinski definition) is 0. The summed E-state index contributed by atoms with van der Waals surface area (Å²) in [5.41, 5.74) is 3.46. The van der Waals surface area contributed by atoms with Gasteiger partial charge in [0.1, 0.15) is 0 Å². The van der Waals surface area contributed by atoms with Crippen molar-refractivity contribution in [1.29, 1.82) is 0 Å². The highest BCUT2D eigenvalue weighted by atomic mass is 16.5. The summed E-state index contributed by atoms with van der Waals surface area (Å²) in [6.07, 6.45) is 0. The molecule has 1 atom stereocenters. The van der Waals surface area contributed by atoms with E-state index in [0.29, 0.717) is 5.56 Å². The first-order valence-electron chi connectivity index (χ1n) is 8.08. The molecular weight excluding hydrogens is 314 g/mol. The molecule has 4 nitrogen and oxygen atoms in total. The number of nitrogens with zero attached hydrogens (tertiary/aromatic N) is 1. The second-order valence-corrected chi connectivity index (χ2v) is 6.20. The third kappa shape index (κ3) is 2.38. The third-order valence-electron chi connectivity index (χ3n) is 4.81. The summed E-state index contributed by atoms with van der Waals surface area (Å²) < 4.78 is 4.77. The SMILES string of the molecule is COC(=O)c1ccc2cc(C3C(=O)N(C)c4ccccc43)ccc2c1. The van der Waals surface area contributed by atoms with Gasteiger partial charge in [0.25, 0.3) is 0 Å². The summed E-state index contributed by atoms with van der Waals surface area (Å²) in [5.74, 6) is -0.565. The molecule has 0 saturated carbocycles. The van der Waals surface area contributed by atoms with E-state index in [4.69, 9.17) is 4.74 Å². The molecule has 25 heavy (non-hydrogen) atoms. The van der Waals surface area contributed by atoms with Gasteiger partial charge in [-0.25, -0.2) is 4.79 Å². The van der Waals surface area contributed by atoms with Crippen molar-refractivity contribution in [3.63, 3.8) is 0 Å². The van der Waals surface area contributed by atoms with Gasteiger partial charge in [-0.2, -0.15) is 0 Å². The molecule has 0 bridgehead atoms. The van der Waals surface area contributed by atoms with Gasteiger partial charge in [-0.15, -0.1) is 0 Å². The molecule has 4 rings (SSSR count). The molecule has 4 heteroatoms. The quantitative estimate of drug-likeness (QED) is 0.672. The first-order chi connectivity index (χ1) is 12.1. The number of likely N-dealkylation sites (N-methyl/N-ethyl adjacent to an activating group) is 1. The van der Waals surface area contributed by atoms with E-state index in [9.17, 15) is 9.59 Å². The summed E-state index contributed by atoms with van der Waals surface area (Å²) in [5, 5.41) is 1.93. The normalized spacial score (nSPS) is 16.2. The van der Waals surface area contributed by atoms with E-state index in [1.54, 1.807) is 11.0 Å². The van der Waals surface area contributed by atoms with Gasteiger partial charge in [0.15, 0.2) is 0 Å². The van der Waals surface area contributed by atoms with Crippen molar-refractivity contribution in [3.05, 3.63) is 77.4 Å². The Labute approximate surface area is 145 Å². The van der Waals surface area contributed by atoms with E-state index >= 15 is 0 Å². The predicted molar refractivity (Wildman–Crippen MR) is 97.0 cm³/mol. The van der Waals surface area contributed by atoms with Crippen LogP contribution < -0.4 is 4.90 Å². The number of esters is 1. The maximum absolute atomic E-state index is 12.7. The zero-order valence-corrected chi connectivity index (χ0v) is 14.0. The van der Waals surface area contributed by atoms with Gasteiger partial charge in [-0.05, 0) is 40.1 Å². The maximum Gasteiger partial charge on any atom is 0.337 e. The molecule has 3 aromatic rings. The number of benzene rings is 3. The van der Waals surface area contributed by atoms with Crippen LogP contribution in [0.4, 0.5) is 5.69 Å². The minimum Gasteiger partial charge on any atom is -0.465 e. The van der Waals surface area contributed by atoms with Crippen LogP contribution in [0.15, 0.2) is 60.7 Å². The number of rotatable bonds is 2. The van der Waals surface area contributed by atoms with Crippen molar-refractivity contribution >= 4 is 28.3 Å². The van der Waals surface area contributed by atoms with Gasteiger partial charge in [-0.3, -0.25) is 4.79 Å². The van der Waals surface area contributed by atoms with Crippen LogP contribution in [-0.2, 0) is 9.53 Å². The third-order valence-corrected chi connectivity index (χ3v) is 4.81. The Morgan fingerprint density at radius 1 is 1.00 bits per heavy atom. The molecule has 3 aromatic carbocycles. The van der Waals surface area contributed by atoms with Gasteiger partial charge in [-0.1, -0.05) is 42.5 Å². The van der Waals surface area contributed by atoms with Gasteiger partial charge in [0.2, 0.25) is 5.91 Å². The number of carbonyl (C=O) groups excluding carboxylic acids is 2. The van der Waals surface area contributed by atoms with Crippen molar-refractivity contribution in [2.75, 3.05) is 19.1 Å². The molecule has 0 aliphatic carbocycles. The van der Waals surface area contributed by atoms with Gasteiger partial charge in [0, 0.05) is 12.7 Å². The molecule has 1 unspecified atom stereocenters. The number of para-hydroxylation sites is 1. The van der Waals surface area contributed by atoms with E-state index in [1.165, 1.54) is 7.11 Å². The molecule has 0 aromatic heterocycles. The van der Waals surface area contributed by atoms with Crippen LogP contribution in [-0.4, -0.2) is 26.0 Å². The topological polar surface area (TPSA) is 46.6 Å². The molecule has 1 amide bonds. The second-order valence-electron chi connectivity index (χ2n) is 6.20. The monoisotopic (exact) mass is 331 g/mol. The van der Waals surface area contributed by atoms with Gasteiger partial charge >= 0.3 is 5.97 Å². The van der Waals surface area contributed by atoms with E-state index in [2.05, 4.69) is 0 Å². The summed E-state index contributed by atoms with van der Waals surface area (Å²) in [6, 6.07) is 19.3. The van der Waals surface area contributed by atoms with Crippen LogP contribution in [0, 0.1) is 0 Å². The van der Waals surface area contributed by atoms with E-state index in [0.717, 1.165) is 27.6 Å². The highest BCUT2D eigenvalue weighted by molar-refractivity contribution is 6.07. The molecule has 0 radical (unpaired) electrons. The molecule has 0 fully saturated rings. The van der Waals surface area contributed by atoms with E-state index in [-0.39, 0.29) is 17.8 Å². The molecule has 0 spiro atoms. The fourth-order valence-corrected chi connectivity index (χ4v) is 3.49. The average molecular weight is 331 g/mol. The van der Waals surface area contributed by atoms with Crippen molar-refractivity contribution < 1.29 is 14.3 Å². The number of anilines is 1. The lowest BCUT2D eigenvalue weighted by Gasteiger charge is -2.12. The van der Waals surface area contributed by atoms with Crippen LogP contribution in [0.3, 0.4) is 0 Å². The molecule has 1 heterocycles. The van der Waals surface area contributed by atoms with Crippen molar-refractivity contribution in [1.82, 2.24) is 0 Å². The van der Waals surface area contributed by atoms with Crippen LogP contribution in [0.1, 0.15) is 27.4 Å². The summed E-state index contributed by atoms with van der Waals surface area (Å²) in [7, 11) is 3.18. The number of amides is 1. The molecule has 1 aliphatic rings. The first kappa shape index (κ1) is 15.4. The predicted octanol–water partition coefficient (Wildman–Crippen LogP) is 3.73. The summed E-state index contributed by atoms with van der Waals surface area (Å²) >= 11 is 0. The Hall–Kier alpha value is -3.14. The number of ether oxygens (including phenoxy) is 1. The highest BCUT2D eigenvalue weighted by Gasteiger charge is 2.35. The Kier molecular flexibility index (Phi) is 3.53. The van der Waals surface area contributed by atoms with Crippen molar-refractivity contribution in [3.8, 4) is 0 Å². The average Bonchev–Trinajstić information content (AvgIpc) is 2.91. The zero-order chi connectivity index (χ0) is 17.6. The van der Waals surface area contributed by atoms with Crippen molar-refractivity contribution in [2.45, 2.75) is 5.92 Å². The first-order valence-corrected chi connectivity index (χ1v) is 8.08. The minimum atomic E-state index is -0.354. The van der Waals surface area contributed by atoms with Crippen LogP contribution >= 0.6 is 0 Å². The fourth-order valence-electron chi connectivity index (χ4n) is 3.49. The molecule has 124 valence electrons. The second kappa shape index (κ2) is 5.74. The van der Waals surface area contributed by atoms with Crippen molar-refractivity contribution in [2.24, 2.45) is 0 Å². The van der Waals surface area contributed by atoms with Gasteiger partial charge in [0.05, 0.1) is 18.6 Å². The van der Waals surface area contributed by atoms with Crippen LogP contribution in [0.5, 0.6) is 0 Å². The Morgan fingerprint density at radius 2 is 1.72 bits per heavy atom. The van der Waals surface area contributed by atoms with E-state index < -0.39 is 0 Å². The highest BCUT2D eigenvalue weighted by Crippen LogP contribution is 2.40. The van der Waals surface area contributed by atoms with E-state index in [1.807, 2.05) is 61.6 Å². The smallest absolute Gasteiger partial charge is 0.337 e. The zero-order valence-electron chi connectivity index (χ0n) is 14.0. The Morgan fingerprint density at radius 3 is 2.52 bits per heavy atom. The largest absolute Gasteiger partial charge is 0.465 e. The van der Waals surface area contributed by atoms with Crippen LogP contribution in [0.25, 0.3) is 10.8 Å². The number of carbonyl (C=O) groups is 2. The minimum absolute atomic E-state index is 0.0757. The van der Waals surface area contributed by atoms with Gasteiger partial charge < -0.3 is 9.64 Å². The summed E-state index contributed by atoms with van der Waals surface area (Å²) in [6.45, 7) is 0. The molecular formula is C21H17NO3. The Balaban J connectivity index is 1.80. The lowest BCUT2D eigenvalue weighted by molar-refractivity contribution is -0.118. The van der Waals surface area contributed by atoms with Crippen LogP contribution in [0.2, 0.25) is 0 Å². The number of fused-ring (bicyclic) bond motifs is 2. The fraction of sp³-hybridized carbons (Fsp3) is 0.143. The molecule has 0 N–H and O–H groups in total. The lowest BCUT2D eigenvalue weighted by Crippen LogP contribution is -2.24. The number of hydrogen-bond acceptors (Lipinski definition) is 3. The Bertz CT molecular complexity index is 1010. The maximum atomic E-state index is 12.7. The summed E-state index contributed by atoms with van der Waals surface area (Å²) in [4.78, 5) is 26.1. The lowest BCUT2D eigenvalue weighted by atomic mass is 9.91. The molecule has 0 saturated heterocycles. The molecule has 1 aliphatic heterocycles. The standard InChI is InChI=1S/C21H17NO3/c1-22-18-6-4-3-5-17(18)19(20(22)23)15-9-7-14-12-16(21(24)25-2)10-8-13(14)11-15/h3-12,19H,1-2H3.